The van der Waals surface area contributed by atoms with Crippen LogP contribution in [-0.4, -0.2) is 98.3 Å². The van der Waals surface area contributed by atoms with Gasteiger partial charge in [0, 0.05) is 28.2 Å². The summed E-state index contributed by atoms with van der Waals surface area (Å²) in [6.45, 7) is 1.04. The van der Waals surface area contributed by atoms with E-state index in [-0.39, 0.29) is 0 Å². The molecule has 4 atom stereocenters. The van der Waals surface area contributed by atoms with E-state index in [1.165, 1.54) is 24.1 Å². The lowest BCUT2D eigenvalue weighted by atomic mass is 9.96. The first kappa shape index (κ1) is 19.4. The predicted molar refractivity (Wildman–Crippen MR) is 98.4 cm³/mol. The molecule has 11 heteroatoms. The lowest BCUT2D eigenvalue weighted by Crippen LogP contribution is -2.44. The van der Waals surface area contributed by atoms with Crippen LogP contribution >= 0.6 is 0 Å². The highest BCUT2D eigenvalue weighted by Crippen LogP contribution is 2.39. The molecule has 0 radical (unpaired) electrons. The van der Waals surface area contributed by atoms with Crippen molar-refractivity contribution >= 4 is 22.9 Å². The van der Waals surface area contributed by atoms with Gasteiger partial charge in [-0.3, -0.25) is 14.5 Å². The second-order valence-corrected chi connectivity index (χ2v) is 6.88. The second kappa shape index (κ2) is 7.00. The molecule has 2 aromatic heterocycles. The highest BCUT2D eigenvalue weighted by molar-refractivity contribution is 6.00. The molecule has 1 aliphatic heterocycles. The molecule has 1 saturated heterocycles. The largest absolute Gasteiger partial charge is 0.394 e. The number of nitrogens with zero attached hydrogens (tertiary/aromatic N) is 7. The van der Waals surface area contributed by atoms with Gasteiger partial charge in [0.1, 0.15) is 24.1 Å². The van der Waals surface area contributed by atoms with E-state index in [1.807, 2.05) is 26.0 Å². The molecule has 1 aliphatic rings. The fourth-order valence-corrected chi connectivity index (χ4v) is 3.39. The maximum absolute atomic E-state index is 10.7. The van der Waals surface area contributed by atoms with Gasteiger partial charge in [-0.05, 0) is 6.92 Å². The summed E-state index contributed by atoms with van der Waals surface area (Å²) < 4.78 is 7.20. The third-order valence-corrected chi connectivity index (χ3v) is 4.74. The van der Waals surface area contributed by atoms with Gasteiger partial charge in [0.05, 0.1) is 12.9 Å². The zero-order chi connectivity index (χ0) is 19.9. The number of fused-ring (bicyclic) bond motifs is 1. The maximum Gasteiger partial charge on any atom is 0.201 e. The third-order valence-electron chi connectivity index (χ3n) is 4.74. The molecule has 0 aromatic carbocycles. The van der Waals surface area contributed by atoms with Crippen molar-refractivity contribution in [3.8, 4) is 0 Å². The van der Waals surface area contributed by atoms with Crippen LogP contribution in [0.2, 0.25) is 0 Å². The van der Waals surface area contributed by atoms with Gasteiger partial charge in [0.15, 0.2) is 23.2 Å². The van der Waals surface area contributed by atoms with Gasteiger partial charge in [-0.15, -0.1) is 0 Å². The molecule has 148 valence electrons. The Bertz CT molecular complexity index is 850. The van der Waals surface area contributed by atoms with Crippen LogP contribution < -0.4 is 4.90 Å². The number of aliphatic hydroxyl groups excluding tert-OH is 2. The Morgan fingerprint density at radius 1 is 1.33 bits per heavy atom. The van der Waals surface area contributed by atoms with E-state index in [2.05, 4.69) is 19.9 Å². The molecule has 0 unspecified atom stereocenters. The first-order chi connectivity index (χ1) is 12.7. The van der Waals surface area contributed by atoms with Crippen LogP contribution in [0.5, 0.6) is 0 Å². The molecule has 1 fully saturated rings. The number of ether oxygens (including phenoxy) is 1. The Morgan fingerprint density at radius 2 is 2.04 bits per heavy atom. The highest BCUT2D eigenvalue weighted by atomic mass is 16.6. The van der Waals surface area contributed by atoms with Crippen molar-refractivity contribution in [3.63, 3.8) is 0 Å². The molecule has 11 nitrogen and oxygen atoms in total. The summed E-state index contributed by atoms with van der Waals surface area (Å²) in [5.74, 6) is 1.20. The zero-order valence-corrected chi connectivity index (χ0v) is 16.0. The second-order valence-electron chi connectivity index (χ2n) is 6.88. The van der Waals surface area contributed by atoms with Crippen molar-refractivity contribution in [2.75, 3.05) is 39.7 Å². The summed E-state index contributed by atoms with van der Waals surface area (Å²) in [4.78, 5) is 20.9. The van der Waals surface area contributed by atoms with Crippen molar-refractivity contribution in [3.05, 3.63) is 12.7 Å². The average Bonchev–Trinajstić information content (AvgIpc) is 3.14. The van der Waals surface area contributed by atoms with E-state index >= 15 is 0 Å². The molecule has 0 aliphatic carbocycles. The fraction of sp³-hybridized carbons (Fsp3) is 0.625. The zero-order valence-electron chi connectivity index (χ0n) is 16.0. The van der Waals surface area contributed by atoms with Gasteiger partial charge in [-0.2, -0.15) is 0 Å². The Hall–Kier alpha value is -2.34. The minimum atomic E-state index is -1.63. The van der Waals surface area contributed by atoms with Crippen LogP contribution in [0, 0.1) is 0 Å². The first-order valence-corrected chi connectivity index (χ1v) is 8.46. The summed E-state index contributed by atoms with van der Waals surface area (Å²) in [5, 5.41) is 30.3. The summed E-state index contributed by atoms with van der Waals surface area (Å²) in [6.07, 6.45) is -0.254. The van der Waals surface area contributed by atoms with E-state index in [4.69, 9.17) is 4.74 Å². The van der Waals surface area contributed by atoms with Crippen LogP contribution in [0.15, 0.2) is 17.6 Å². The normalized spacial score (nSPS) is 28.7. The van der Waals surface area contributed by atoms with Crippen LogP contribution in [0.1, 0.15) is 13.2 Å². The van der Waals surface area contributed by atoms with Gasteiger partial charge < -0.3 is 25.0 Å². The number of guanidine groups is 1. The van der Waals surface area contributed by atoms with Crippen molar-refractivity contribution in [1.82, 2.24) is 24.4 Å². The Morgan fingerprint density at radius 3 is 2.59 bits per heavy atom. The fourth-order valence-electron chi connectivity index (χ4n) is 3.39. The summed E-state index contributed by atoms with van der Waals surface area (Å²) in [5.41, 5.74) is -0.709. The smallest absolute Gasteiger partial charge is 0.201 e. The van der Waals surface area contributed by atoms with E-state index in [0.717, 1.165) is 0 Å². The number of hydrogen-bond donors (Lipinski definition) is 3. The first-order valence-electron chi connectivity index (χ1n) is 8.46. The summed E-state index contributed by atoms with van der Waals surface area (Å²) >= 11 is 0. The standard InChI is InChI=1S/C16H25N7O4/c1-16(26)11(25)9(6-24)27-14(16)23-8-20-10-12(18-7-19-13(10)23)22(5)15(17-2)21(3)4/h7-9,11,14,24-26H,6H2,1-5H3/t9-,11-,14-,16-/m1/s1. The molecule has 2 aromatic rings. The summed E-state index contributed by atoms with van der Waals surface area (Å²) in [7, 11) is 7.24. The maximum atomic E-state index is 10.7. The number of anilines is 1. The molecule has 0 spiro atoms. The van der Waals surface area contributed by atoms with E-state index in [9.17, 15) is 15.3 Å². The van der Waals surface area contributed by atoms with Gasteiger partial charge in [0.2, 0.25) is 5.96 Å². The quantitative estimate of drug-likeness (QED) is 0.445. The molecular formula is C16H25N7O4. The van der Waals surface area contributed by atoms with Gasteiger partial charge in [0.25, 0.3) is 0 Å². The van der Waals surface area contributed by atoms with Crippen LogP contribution in [0.3, 0.4) is 0 Å². The average molecular weight is 379 g/mol. The molecule has 0 bridgehead atoms. The molecular weight excluding hydrogens is 354 g/mol. The van der Waals surface area contributed by atoms with E-state index in [0.29, 0.717) is 22.9 Å². The van der Waals surface area contributed by atoms with E-state index in [1.54, 1.807) is 11.9 Å². The molecule has 0 saturated carbocycles. The molecule has 3 heterocycles. The highest BCUT2D eigenvalue weighted by Gasteiger charge is 2.53. The number of rotatable bonds is 3. The van der Waals surface area contributed by atoms with Crippen molar-refractivity contribution in [2.45, 2.75) is 31.0 Å². The molecule has 3 N–H and O–H groups in total. The molecule has 27 heavy (non-hydrogen) atoms. The Labute approximate surface area is 156 Å². The Balaban J connectivity index is 2.07. The van der Waals surface area contributed by atoms with E-state index < -0.39 is 30.6 Å². The topological polar surface area (TPSA) is 132 Å². The van der Waals surface area contributed by atoms with Crippen LogP contribution in [0.4, 0.5) is 5.82 Å². The SMILES string of the molecule is CN=C(N(C)C)N(C)c1ncnc2c1ncn2[C@@H]1O[C@H](CO)[C@@H](O)[C@@]1(C)O. The predicted octanol–water partition coefficient (Wildman–Crippen LogP) is -1.19. The van der Waals surface area contributed by atoms with Crippen LogP contribution in [0.25, 0.3) is 11.2 Å². The number of hydrogen-bond acceptors (Lipinski definition) is 8. The number of aromatic nitrogens is 4. The number of aliphatic imine (C=N–C) groups is 1. The summed E-state index contributed by atoms with van der Waals surface area (Å²) in [6, 6.07) is 0. The van der Waals surface area contributed by atoms with Crippen LogP contribution in [-0.2, 0) is 4.74 Å². The van der Waals surface area contributed by atoms with Crippen molar-refractivity contribution in [1.29, 1.82) is 0 Å². The number of aliphatic hydroxyl groups is 3. The van der Waals surface area contributed by atoms with Crippen molar-refractivity contribution in [2.24, 2.45) is 4.99 Å². The van der Waals surface area contributed by atoms with Gasteiger partial charge in [-0.25, -0.2) is 15.0 Å². The number of imidazole rings is 1. The van der Waals surface area contributed by atoms with Gasteiger partial charge >= 0.3 is 0 Å². The lowest BCUT2D eigenvalue weighted by Gasteiger charge is -2.27. The minimum Gasteiger partial charge on any atom is -0.394 e. The molecule has 3 rings (SSSR count). The minimum absolute atomic E-state index is 0.414. The Kier molecular flexibility index (Phi) is 5.04. The monoisotopic (exact) mass is 379 g/mol. The third kappa shape index (κ3) is 3.02. The van der Waals surface area contributed by atoms with Crippen molar-refractivity contribution < 1.29 is 20.1 Å². The lowest BCUT2D eigenvalue weighted by molar-refractivity contribution is -0.0950. The van der Waals surface area contributed by atoms with Gasteiger partial charge in [-0.1, -0.05) is 0 Å². The molecule has 0 amide bonds.